The van der Waals surface area contributed by atoms with Gasteiger partial charge in [-0.2, -0.15) is 0 Å². The van der Waals surface area contributed by atoms with Crippen LogP contribution >= 0.6 is 11.6 Å². The Morgan fingerprint density at radius 3 is 2.45 bits per heavy atom. The summed E-state index contributed by atoms with van der Waals surface area (Å²) in [5.74, 6) is 0.720. The van der Waals surface area contributed by atoms with Crippen molar-refractivity contribution in [3.63, 3.8) is 0 Å². The number of rotatable bonds is 5. The van der Waals surface area contributed by atoms with E-state index in [-0.39, 0.29) is 18.1 Å². The highest BCUT2D eigenvalue weighted by atomic mass is 35.5. The van der Waals surface area contributed by atoms with Gasteiger partial charge < -0.3 is 4.90 Å². The normalized spacial score (nSPS) is 20.8. The molecule has 0 saturated carbocycles. The molecular weight excluding hydrogens is 272 g/mol. The maximum atomic E-state index is 12.2. The molecule has 4 heteroatoms. The smallest absolute Gasteiger partial charge is 0.238 e. The third-order valence-electron chi connectivity index (χ3n) is 4.37. The maximum Gasteiger partial charge on any atom is 0.238 e. The van der Waals surface area contributed by atoms with Crippen molar-refractivity contribution in [2.75, 3.05) is 6.54 Å². The van der Waals surface area contributed by atoms with Crippen LogP contribution in [0.4, 0.5) is 0 Å². The fourth-order valence-corrected chi connectivity index (χ4v) is 3.23. The Hall–Kier alpha value is -1.06. The molecule has 2 unspecified atom stereocenters. The van der Waals surface area contributed by atoms with E-state index in [1.54, 1.807) is 0 Å². The van der Waals surface area contributed by atoms with Gasteiger partial charge in [-0.1, -0.05) is 50.4 Å². The van der Waals surface area contributed by atoms with Crippen molar-refractivity contribution in [3.8, 4) is 0 Å². The van der Waals surface area contributed by atoms with Gasteiger partial charge in [-0.15, -0.1) is 0 Å². The first-order valence-electron chi connectivity index (χ1n) is 7.38. The first-order chi connectivity index (χ1) is 9.58. The molecule has 0 radical (unpaired) electrons. The zero-order valence-electron chi connectivity index (χ0n) is 12.4. The van der Waals surface area contributed by atoms with Gasteiger partial charge in [0.15, 0.2) is 0 Å². The number of hydrogen-bond donors (Lipinski definition) is 1. The minimum absolute atomic E-state index is 0.0321. The molecule has 1 saturated heterocycles. The molecule has 0 aliphatic carbocycles. The Bertz CT molecular complexity index is 456. The number of nitrogens with one attached hydrogen (secondary N) is 1. The van der Waals surface area contributed by atoms with Crippen LogP contribution in [0.1, 0.15) is 45.3 Å². The molecular formula is C16H23ClN2O. The molecule has 1 aliphatic heterocycles. The highest BCUT2D eigenvalue weighted by molar-refractivity contribution is 6.30. The van der Waals surface area contributed by atoms with Gasteiger partial charge in [0.05, 0.1) is 6.54 Å². The highest BCUT2D eigenvalue weighted by Gasteiger charge is 2.36. The predicted molar refractivity (Wildman–Crippen MR) is 82.6 cm³/mol. The van der Waals surface area contributed by atoms with Gasteiger partial charge in [0, 0.05) is 11.1 Å². The minimum atomic E-state index is -0.0321. The van der Waals surface area contributed by atoms with Gasteiger partial charge in [0.25, 0.3) is 0 Å². The van der Waals surface area contributed by atoms with Crippen LogP contribution in [0.2, 0.25) is 5.02 Å². The average Bonchev–Trinajstić information content (AvgIpc) is 2.82. The number of amides is 1. The lowest BCUT2D eigenvalue weighted by Crippen LogP contribution is -2.42. The van der Waals surface area contributed by atoms with E-state index >= 15 is 0 Å². The van der Waals surface area contributed by atoms with Crippen LogP contribution in [0, 0.1) is 5.92 Å². The van der Waals surface area contributed by atoms with E-state index in [9.17, 15) is 4.79 Å². The van der Waals surface area contributed by atoms with E-state index < -0.39 is 0 Å². The minimum Gasteiger partial charge on any atom is -0.319 e. The monoisotopic (exact) mass is 294 g/mol. The van der Waals surface area contributed by atoms with E-state index in [1.165, 1.54) is 0 Å². The van der Waals surface area contributed by atoms with Gasteiger partial charge in [-0.3, -0.25) is 10.1 Å². The first kappa shape index (κ1) is 15.3. The number of nitrogens with zero attached hydrogens (tertiary/aromatic N) is 1. The number of halogens is 1. The van der Waals surface area contributed by atoms with Gasteiger partial charge in [0.1, 0.15) is 6.17 Å². The lowest BCUT2D eigenvalue weighted by molar-refractivity contribution is -0.131. The van der Waals surface area contributed by atoms with Crippen LogP contribution in [0.5, 0.6) is 0 Å². The van der Waals surface area contributed by atoms with Crippen LogP contribution in [0.25, 0.3) is 0 Å². The summed E-state index contributed by atoms with van der Waals surface area (Å²) < 4.78 is 0. The van der Waals surface area contributed by atoms with E-state index in [2.05, 4.69) is 26.1 Å². The fraction of sp³-hybridized carbons (Fsp3) is 0.562. The number of carbonyl (C=O) groups is 1. The summed E-state index contributed by atoms with van der Waals surface area (Å²) >= 11 is 5.94. The highest BCUT2D eigenvalue weighted by Crippen LogP contribution is 2.30. The summed E-state index contributed by atoms with van der Waals surface area (Å²) in [4.78, 5) is 14.2. The van der Waals surface area contributed by atoms with E-state index in [0.717, 1.165) is 23.4 Å². The molecule has 0 spiro atoms. The Kier molecular flexibility index (Phi) is 5.06. The van der Waals surface area contributed by atoms with Gasteiger partial charge in [-0.25, -0.2) is 0 Å². The second-order valence-electron chi connectivity index (χ2n) is 5.45. The number of hydrogen-bond acceptors (Lipinski definition) is 2. The van der Waals surface area contributed by atoms with Crippen LogP contribution in [-0.4, -0.2) is 23.4 Å². The van der Waals surface area contributed by atoms with E-state index in [1.807, 2.05) is 29.2 Å². The SMILES string of the molecule is CCC(CC)C(C)N1C(=O)CNC1c1ccc(Cl)cc1. The Morgan fingerprint density at radius 2 is 1.90 bits per heavy atom. The van der Waals surface area contributed by atoms with Crippen molar-refractivity contribution >= 4 is 17.5 Å². The van der Waals surface area contributed by atoms with Gasteiger partial charge >= 0.3 is 0 Å². The molecule has 110 valence electrons. The third-order valence-corrected chi connectivity index (χ3v) is 4.62. The molecule has 1 aliphatic rings. The molecule has 0 aromatic heterocycles. The predicted octanol–water partition coefficient (Wildman–Crippen LogP) is 3.60. The Labute approximate surface area is 126 Å². The van der Waals surface area contributed by atoms with Crippen LogP contribution in [-0.2, 0) is 4.79 Å². The average molecular weight is 295 g/mol. The lowest BCUT2D eigenvalue weighted by Gasteiger charge is -2.35. The standard InChI is InChI=1S/C16H23ClN2O/c1-4-12(5-2)11(3)19-15(20)10-18-16(19)13-6-8-14(17)9-7-13/h6-9,11-12,16,18H,4-5,10H2,1-3H3. The molecule has 2 rings (SSSR count). The molecule has 1 amide bonds. The maximum absolute atomic E-state index is 12.2. The molecule has 1 aromatic rings. The van der Waals surface area contributed by atoms with Gasteiger partial charge in [-0.05, 0) is 30.5 Å². The molecule has 1 N–H and O–H groups in total. The fourth-order valence-electron chi connectivity index (χ4n) is 3.10. The van der Waals surface area contributed by atoms with Crippen molar-refractivity contribution in [2.45, 2.75) is 45.8 Å². The summed E-state index contributed by atoms with van der Waals surface area (Å²) in [6.45, 7) is 6.95. The molecule has 20 heavy (non-hydrogen) atoms. The van der Waals surface area contributed by atoms with Crippen molar-refractivity contribution in [1.29, 1.82) is 0 Å². The third kappa shape index (κ3) is 2.99. The second-order valence-corrected chi connectivity index (χ2v) is 5.89. The summed E-state index contributed by atoms with van der Waals surface area (Å²) in [6, 6.07) is 7.98. The zero-order valence-corrected chi connectivity index (χ0v) is 13.2. The van der Waals surface area contributed by atoms with E-state index in [0.29, 0.717) is 12.5 Å². The van der Waals surface area contributed by atoms with E-state index in [4.69, 9.17) is 11.6 Å². The van der Waals surface area contributed by atoms with Crippen LogP contribution < -0.4 is 5.32 Å². The first-order valence-corrected chi connectivity index (χ1v) is 7.76. The van der Waals surface area contributed by atoms with Crippen molar-refractivity contribution in [3.05, 3.63) is 34.9 Å². The lowest BCUT2D eigenvalue weighted by atomic mass is 9.93. The zero-order chi connectivity index (χ0) is 14.7. The van der Waals surface area contributed by atoms with Crippen molar-refractivity contribution in [1.82, 2.24) is 10.2 Å². The number of carbonyl (C=O) groups excluding carboxylic acids is 1. The summed E-state index contributed by atoms with van der Waals surface area (Å²) in [5, 5.41) is 4.03. The molecule has 3 nitrogen and oxygen atoms in total. The quantitative estimate of drug-likeness (QED) is 0.900. The topological polar surface area (TPSA) is 32.3 Å². The summed E-state index contributed by atoms with van der Waals surface area (Å²) in [7, 11) is 0. The molecule has 1 aromatic carbocycles. The Balaban J connectivity index is 2.24. The van der Waals surface area contributed by atoms with Crippen LogP contribution in [0.3, 0.4) is 0 Å². The van der Waals surface area contributed by atoms with Gasteiger partial charge in [0.2, 0.25) is 5.91 Å². The summed E-state index contributed by atoms with van der Waals surface area (Å²) in [5.41, 5.74) is 1.10. The molecule has 2 atom stereocenters. The summed E-state index contributed by atoms with van der Waals surface area (Å²) in [6.07, 6.45) is 2.15. The molecule has 1 fully saturated rings. The van der Waals surface area contributed by atoms with Crippen molar-refractivity contribution < 1.29 is 4.79 Å². The molecule has 1 heterocycles. The molecule has 0 bridgehead atoms. The largest absolute Gasteiger partial charge is 0.319 e. The van der Waals surface area contributed by atoms with Crippen molar-refractivity contribution in [2.24, 2.45) is 5.92 Å². The second kappa shape index (κ2) is 6.59. The number of benzene rings is 1. The Morgan fingerprint density at radius 1 is 1.30 bits per heavy atom. The van der Waals surface area contributed by atoms with Crippen LogP contribution in [0.15, 0.2) is 24.3 Å².